The lowest BCUT2D eigenvalue weighted by molar-refractivity contribution is 0.416. The summed E-state index contributed by atoms with van der Waals surface area (Å²) in [5.74, 6) is -0.109. The zero-order valence-electron chi connectivity index (χ0n) is 10.8. The van der Waals surface area contributed by atoms with Gasteiger partial charge < -0.3 is 14.7 Å². The van der Waals surface area contributed by atoms with E-state index in [9.17, 15) is 14.6 Å². The Labute approximate surface area is 119 Å². The lowest BCUT2D eigenvalue weighted by Crippen LogP contribution is -1.94. The van der Waals surface area contributed by atoms with Gasteiger partial charge in [0.15, 0.2) is 5.82 Å². The van der Waals surface area contributed by atoms with E-state index in [0.717, 1.165) is 0 Å². The van der Waals surface area contributed by atoms with Crippen molar-refractivity contribution in [3.63, 3.8) is 0 Å². The van der Waals surface area contributed by atoms with Crippen LogP contribution in [-0.2, 0) is 6.42 Å². The zero-order valence-corrected chi connectivity index (χ0v) is 10.8. The van der Waals surface area contributed by atoms with Gasteiger partial charge in [0, 0.05) is 6.42 Å². The van der Waals surface area contributed by atoms with Gasteiger partial charge in [-0.3, -0.25) is 0 Å². The van der Waals surface area contributed by atoms with Crippen molar-refractivity contribution in [3.05, 3.63) is 59.7 Å². The summed E-state index contributed by atoms with van der Waals surface area (Å²) < 4.78 is 18.6. The van der Waals surface area contributed by atoms with Crippen LogP contribution < -0.4 is 0 Å². The molecule has 0 radical (unpaired) electrons. The van der Waals surface area contributed by atoms with Gasteiger partial charge in [-0.1, -0.05) is 23.4 Å². The van der Waals surface area contributed by atoms with Gasteiger partial charge in [-0.15, -0.1) is 0 Å². The minimum Gasteiger partial charge on any atom is -0.508 e. The highest BCUT2D eigenvalue weighted by Crippen LogP contribution is 2.31. The van der Waals surface area contributed by atoms with Crippen molar-refractivity contribution in [2.75, 3.05) is 0 Å². The number of hydrogen-bond acceptors (Lipinski definition) is 5. The molecular weight excluding hydrogens is 275 g/mol. The number of hydrogen-bond donors (Lipinski definition) is 2. The van der Waals surface area contributed by atoms with Gasteiger partial charge in [0.25, 0.3) is 5.89 Å². The second kappa shape index (κ2) is 5.24. The predicted octanol–water partition coefficient (Wildman–Crippen LogP) is 2.88. The fourth-order valence-electron chi connectivity index (χ4n) is 1.94. The van der Waals surface area contributed by atoms with E-state index in [1.807, 2.05) is 0 Å². The third-order valence-corrected chi connectivity index (χ3v) is 2.99. The molecule has 2 aromatic carbocycles. The van der Waals surface area contributed by atoms with Crippen LogP contribution in [0.5, 0.6) is 11.5 Å². The minimum absolute atomic E-state index is 0.0309. The van der Waals surface area contributed by atoms with E-state index in [1.54, 1.807) is 18.2 Å². The lowest BCUT2D eigenvalue weighted by Gasteiger charge is -1.99. The molecule has 0 amide bonds. The zero-order chi connectivity index (χ0) is 14.8. The van der Waals surface area contributed by atoms with Crippen molar-refractivity contribution in [2.45, 2.75) is 6.42 Å². The van der Waals surface area contributed by atoms with Crippen LogP contribution in [0.1, 0.15) is 11.4 Å². The third kappa shape index (κ3) is 2.69. The first-order valence-corrected chi connectivity index (χ1v) is 6.22. The molecule has 106 valence electrons. The molecule has 2 N–H and O–H groups in total. The SMILES string of the molecule is Oc1ccc(O)c(-c2nc(Cc3ccccc3F)no2)c1. The van der Waals surface area contributed by atoms with E-state index in [2.05, 4.69) is 10.1 Å². The van der Waals surface area contributed by atoms with E-state index >= 15 is 0 Å². The first kappa shape index (κ1) is 13.1. The van der Waals surface area contributed by atoms with Gasteiger partial charge in [0.1, 0.15) is 17.3 Å². The van der Waals surface area contributed by atoms with Gasteiger partial charge in [-0.25, -0.2) is 4.39 Å². The van der Waals surface area contributed by atoms with Crippen LogP contribution >= 0.6 is 0 Å². The molecule has 0 fully saturated rings. The van der Waals surface area contributed by atoms with Crippen molar-refractivity contribution in [2.24, 2.45) is 0 Å². The van der Waals surface area contributed by atoms with Crippen LogP contribution in [0.15, 0.2) is 47.0 Å². The Balaban J connectivity index is 1.90. The van der Waals surface area contributed by atoms with Gasteiger partial charge >= 0.3 is 0 Å². The molecule has 1 aromatic heterocycles. The summed E-state index contributed by atoms with van der Waals surface area (Å²) >= 11 is 0. The number of phenols is 2. The summed E-state index contributed by atoms with van der Waals surface area (Å²) in [5, 5.41) is 22.9. The standard InChI is InChI=1S/C15H11FN2O3/c16-12-4-2-1-3-9(12)7-14-17-15(21-18-14)11-8-10(19)5-6-13(11)20/h1-6,8,19-20H,7H2. The molecular formula is C15H11FN2O3. The van der Waals surface area contributed by atoms with Crippen molar-refractivity contribution < 1.29 is 19.1 Å². The predicted molar refractivity (Wildman–Crippen MR) is 72.3 cm³/mol. The summed E-state index contributed by atoms with van der Waals surface area (Å²) in [6, 6.07) is 10.3. The number of nitrogens with zero attached hydrogens (tertiary/aromatic N) is 2. The lowest BCUT2D eigenvalue weighted by atomic mass is 10.1. The van der Waals surface area contributed by atoms with Gasteiger partial charge in [-0.05, 0) is 29.8 Å². The smallest absolute Gasteiger partial charge is 0.261 e. The molecule has 0 unspecified atom stereocenters. The Morgan fingerprint density at radius 2 is 1.90 bits per heavy atom. The van der Waals surface area contributed by atoms with E-state index in [-0.39, 0.29) is 41.0 Å². The molecule has 0 aliphatic heterocycles. The minimum atomic E-state index is -0.343. The van der Waals surface area contributed by atoms with Crippen LogP contribution in [0.3, 0.4) is 0 Å². The highest BCUT2D eigenvalue weighted by molar-refractivity contribution is 5.64. The molecule has 3 rings (SSSR count). The Hall–Kier alpha value is -2.89. The molecule has 3 aromatic rings. The van der Waals surface area contributed by atoms with Gasteiger partial charge in [0.05, 0.1) is 5.56 Å². The van der Waals surface area contributed by atoms with Crippen LogP contribution in [0.2, 0.25) is 0 Å². The topological polar surface area (TPSA) is 79.4 Å². The highest BCUT2D eigenvalue weighted by Gasteiger charge is 2.14. The van der Waals surface area contributed by atoms with E-state index in [1.165, 1.54) is 24.3 Å². The molecule has 0 saturated carbocycles. The largest absolute Gasteiger partial charge is 0.508 e. The van der Waals surface area contributed by atoms with Crippen LogP contribution in [-0.4, -0.2) is 20.4 Å². The fourth-order valence-corrected chi connectivity index (χ4v) is 1.94. The molecule has 0 bridgehead atoms. The molecule has 21 heavy (non-hydrogen) atoms. The summed E-state index contributed by atoms with van der Waals surface area (Å²) in [5.41, 5.74) is 0.673. The molecule has 1 heterocycles. The summed E-state index contributed by atoms with van der Waals surface area (Å²) in [4.78, 5) is 4.10. The average molecular weight is 286 g/mol. The number of aromatic nitrogens is 2. The van der Waals surface area contributed by atoms with Crippen LogP contribution in [0.25, 0.3) is 11.5 Å². The molecule has 0 spiro atoms. The maximum atomic E-state index is 13.6. The molecule has 5 nitrogen and oxygen atoms in total. The average Bonchev–Trinajstić information content (AvgIpc) is 2.92. The summed E-state index contributed by atoms with van der Waals surface area (Å²) in [6.07, 6.45) is 0.176. The van der Waals surface area contributed by atoms with Gasteiger partial charge in [0.2, 0.25) is 0 Å². The van der Waals surface area contributed by atoms with Crippen LogP contribution in [0.4, 0.5) is 4.39 Å². The molecule has 0 saturated heterocycles. The number of aromatic hydroxyl groups is 2. The number of rotatable bonds is 3. The maximum absolute atomic E-state index is 13.6. The second-order valence-electron chi connectivity index (χ2n) is 4.49. The monoisotopic (exact) mass is 286 g/mol. The molecule has 6 heteroatoms. The number of benzene rings is 2. The van der Waals surface area contributed by atoms with Crippen molar-refractivity contribution in [1.82, 2.24) is 10.1 Å². The Kier molecular flexibility index (Phi) is 3.27. The molecule has 0 atom stereocenters. The second-order valence-corrected chi connectivity index (χ2v) is 4.49. The van der Waals surface area contributed by atoms with E-state index in [0.29, 0.717) is 5.56 Å². The van der Waals surface area contributed by atoms with Gasteiger partial charge in [-0.2, -0.15) is 4.98 Å². The van der Waals surface area contributed by atoms with E-state index < -0.39 is 0 Å². The quantitative estimate of drug-likeness (QED) is 0.724. The molecule has 0 aliphatic carbocycles. The molecule has 0 aliphatic rings. The fraction of sp³-hybridized carbons (Fsp3) is 0.0667. The summed E-state index contributed by atoms with van der Waals surface area (Å²) in [7, 11) is 0. The first-order chi connectivity index (χ1) is 10.1. The van der Waals surface area contributed by atoms with Crippen molar-refractivity contribution in [3.8, 4) is 23.0 Å². The maximum Gasteiger partial charge on any atom is 0.261 e. The van der Waals surface area contributed by atoms with E-state index in [4.69, 9.17) is 4.52 Å². The Morgan fingerprint density at radius 1 is 1.10 bits per heavy atom. The normalized spacial score (nSPS) is 10.7. The van der Waals surface area contributed by atoms with Crippen molar-refractivity contribution in [1.29, 1.82) is 0 Å². The first-order valence-electron chi connectivity index (χ1n) is 6.22. The Bertz CT molecular complexity index is 786. The Morgan fingerprint density at radius 3 is 2.71 bits per heavy atom. The van der Waals surface area contributed by atoms with Crippen LogP contribution in [0, 0.1) is 5.82 Å². The number of phenolic OH excluding ortho intramolecular Hbond substituents is 2. The number of halogens is 1. The highest BCUT2D eigenvalue weighted by atomic mass is 19.1. The van der Waals surface area contributed by atoms with Crippen molar-refractivity contribution >= 4 is 0 Å². The summed E-state index contributed by atoms with van der Waals surface area (Å²) in [6.45, 7) is 0. The third-order valence-electron chi connectivity index (χ3n) is 2.99.